The van der Waals surface area contributed by atoms with E-state index < -0.39 is 29.3 Å². The van der Waals surface area contributed by atoms with Crippen molar-refractivity contribution in [3.8, 4) is 0 Å². The van der Waals surface area contributed by atoms with Gasteiger partial charge >= 0.3 is 0 Å². The van der Waals surface area contributed by atoms with Gasteiger partial charge in [0.25, 0.3) is 11.8 Å². The molecule has 0 aliphatic carbocycles. The van der Waals surface area contributed by atoms with Crippen molar-refractivity contribution < 1.29 is 22.8 Å². The van der Waals surface area contributed by atoms with Crippen molar-refractivity contribution in [2.45, 2.75) is 6.54 Å². The Labute approximate surface area is 176 Å². The molecule has 0 bridgehead atoms. The summed E-state index contributed by atoms with van der Waals surface area (Å²) in [6.07, 6.45) is 0. The Hall–Kier alpha value is -3.87. The molecule has 31 heavy (non-hydrogen) atoms. The van der Waals surface area contributed by atoms with Crippen LogP contribution in [0.2, 0.25) is 0 Å². The zero-order chi connectivity index (χ0) is 22.1. The van der Waals surface area contributed by atoms with E-state index in [1.54, 1.807) is 11.9 Å². The van der Waals surface area contributed by atoms with Crippen LogP contribution in [0.4, 0.5) is 18.9 Å². The fourth-order valence-electron chi connectivity index (χ4n) is 3.57. The second-order valence-corrected chi connectivity index (χ2v) is 7.11. The average Bonchev–Trinajstić information content (AvgIpc) is 3.00. The van der Waals surface area contributed by atoms with E-state index in [9.17, 15) is 22.8 Å². The van der Waals surface area contributed by atoms with Gasteiger partial charge in [0, 0.05) is 19.7 Å². The van der Waals surface area contributed by atoms with Crippen molar-refractivity contribution in [2.24, 2.45) is 0 Å². The molecule has 7 heteroatoms. The standard InChI is InChI=1S/C24H17F3N2O2/c1-28(14-15-5-3-2-4-6-15)22-21(16-7-9-17(25)10-8-16)23(30)29(24(22)31)20-12-11-18(26)13-19(20)27/h2-13H,14H2,1H3. The lowest BCUT2D eigenvalue weighted by atomic mass is 10.0. The Bertz CT molecular complexity index is 1190. The van der Waals surface area contributed by atoms with Gasteiger partial charge in [-0.05, 0) is 35.4 Å². The maximum Gasteiger partial charge on any atom is 0.282 e. The van der Waals surface area contributed by atoms with Crippen molar-refractivity contribution in [2.75, 3.05) is 11.9 Å². The molecular weight excluding hydrogens is 405 g/mol. The first-order valence-corrected chi connectivity index (χ1v) is 9.46. The molecule has 0 radical (unpaired) electrons. The van der Waals surface area contributed by atoms with Crippen LogP contribution < -0.4 is 4.90 Å². The van der Waals surface area contributed by atoms with Crippen LogP contribution in [0.1, 0.15) is 11.1 Å². The van der Waals surface area contributed by atoms with Gasteiger partial charge in [0.15, 0.2) is 0 Å². The van der Waals surface area contributed by atoms with Gasteiger partial charge in [0.05, 0.1) is 11.3 Å². The molecule has 4 nitrogen and oxygen atoms in total. The SMILES string of the molecule is CN(Cc1ccccc1)C1=C(c2ccc(F)cc2)C(=O)N(c2ccc(F)cc2F)C1=O. The number of carbonyl (C=O) groups is 2. The van der Waals surface area contributed by atoms with Gasteiger partial charge in [0.2, 0.25) is 0 Å². The topological polar surface area (TPSA) is 40.6 Å². The lowest BCUT2D eigenvalue weighted by Crippen LogP contribution is -2.34. The number of hydrogen-bond donors (Lipinski definition) is 0. The van der Waals surface area contributed by atoms with E-state index in [4.69, 9.17) is 0 Å². The Balaban J connectivity index is 1.82. The van der Waals surface area contributed by atoms with E-state index in [0.717, 1.165) is 17.7 Å². The number of rotatable bonds is 5. The number of carbonyl (C=O) groups excluding carboxylic acids is 2. The molecule has 4 rings (SSSR count). The van der Waals surface area contributed by atoms with Crippen molar-refractivity contribution in [3.63, 3.8) is 0 Å². The van der Waals surface area contributed by atoms with E-state index in [0.29, 0.717) is 23.1 Å². The molecule has 0 saturated heterocycles. The smallest absolute Gasteiger partial charge is 0.282 e. The zero-order valence-electron chi connectivity index (χ0n) is 16.5. The molecule has 1 heterocycles. The second-order valence-electron chi connectivity index (χ2n) is 7.11. The number of imide groups is 1. The molecule has 1 aliphatic rings. The highest BCUT2D eigenvalue weighted by Crippen LogP contribution is 2.36. The number of hydrogen-bond acceptors (Lipinski definition) is 3. The highest BCUT2D eigenvalue weighted by atomic mass is 19.1. The van der Waals surface area contributed by atoms with E-state index in [1.165, 1.54) is 24.3 Å². The third-order valence-electron chi connectivity index (χ3n) is 4.99. The molecular formula is C24H17F3N2O2. The summed E-state index contributed by atoms with van der Waals surface area (Å²) in [5, 5.41) is 0. The van der Waals surface area contributed by atoms with E-state index in [2.05, 4.69) is 0 Å². The van der Waals surface area contributed by atoms with Gasteiger partial charge in [0.1, 0.15) is 23.1 Å². The summed E-state index contributed by atoms with van der Waals surface area (Å²) in [6, 6.07) is 17.0. The van der Waals surface area contributed by atoms with Gasteiger partial charge in [-0.1, -0.05) is 42.5 Å². The normalized spacial score (nSPS) is 13.9. The molecule has 1 aliphatic heterocycles. The Kier molecular flexibility index (Phi) is 5.33. The molecule has 0 spiro atoms. The lowest BCUT2D eigenvalue weighted by molar-refractivity contribution is -0.120. The van der Waals surface area contributed by atoms with E-state index in [-0.39, 0.29) is 17.0 Å². The van der Waals surface area contributed by atoms with Crippen LogP contribution in [0.25, 0.3) is 5.57 Å². The quantitative estimate of drug-likeness (QED) is 0.568. The number of nitrogens with zero attached hydrogens (tertiary/aromatic N) is 2. The molecule has 156 valence electrons. The third kappa shape index (κ3) is 3.82. The Morgan fingerprint density at radius 2 is 1.45 bits per heavy atom. The third-order valence-corrected chi connectivity index (χ3v) is 4.99. The predicted octanol–water partition coefficient (Wildman–Crippen LogP) is 4.52. The minimum atomic E-state index is -1.04. The number of anilines is 1. The van der Waals surface area contributed by atoms with Crippen molar-refractivity contribution >= 4 is 23.1 Å². The summed E-state index contributed by atoms with van der Waals surface area (Å²) in [7, 11) is 1.64. The minimum Gasteiger partial charge on any atom is -0.365 e. The van der Waals surface area contributed by atoms with Gasteiger partial charge in [-0.2, -0.15) is 0 Å². The Morgan fingerprint density at radius 3 is 2.10 bits per heavy atom. The van der Waals surface area contributed by atoms with Gasteiger partial charge < -0.3 is 4.90 Å². The number of likely N-dealkylation sites (N-methyl/N-ethyl adjacent to an activating group) is 1. The number of halogens is 3. The molecule has 0 atom stereocenters. The monoisotopic (exact) mass is 422 g/mol. The molecule has 0 saturated carbocycles. The van der Waals surface area contributed by atoms with Gasteiger partial charge in [-0.3, -0.25) is 9.59 Å². The molecule has 0 N–H and O–H groups in total. The summed E-state index contributed by atoms with van der Waals surface area (Å²) >= 11 is 0. The summed E-state index contributed by atoms with van der Waals surface area (Å²) in [5.74, 6) is -3.87. The lowest BCUT2D eigenvalue weighted by Gasteiger charge is -2.22. The Morgan fingerprint density at radius 1 is 0.806 bits per heavy atom. The summed E-state index contributed by atoms with van der Waals surface area (Å²) < 4.78 is 41.3. The van der Waals surface area contributed by atoms with Crippen LogP contribution in [-0.2, 0) is 16.1 Å². The summed E-state index contributed by atoms with van der Waals surface area (Å²) in [5.41, 5.74) is 0.928. The molecule has 0 fully saturated rings. The average molecular weight is 422 g/mol. The molecule has 3 aromatic carbocycles. The van der Waals surface area contributed by atoms with E-state index in [1.807, 2.05) is 30.3 Å². The minimum absolute atomic E-state index is 0.0205. The van der Waals surface area contributed by atoms with Gasteiger partial charge in [-0.15, -0.1) is 0 Å². The van der Waals surface area contributed by atoms with Crippen LogP contribution in [0.5, 0.6) is 0 Å². The number of amides is 2. The maximum atomic E-state index is 14.4. The molecule has 0 unspecified atom stereocenters. The molecule has 2 amide bonds. The maximum absolute atomic E-state index is 14.4. The van der Waals surface area contributed by atoms with Crippen molar-refractivity contribution in [1.29, 1.82) is 0 Å². The first kappa shape index (κ1) is 20.4. The van der Waals surface area contributed by atoms with Crippen LogP contribution in [0.3, 0.4) is 0 Å². The highest BCUT2D eigenvalue weighted by Gasteiger charge is 2.42. The van der Waals surface area contributed by atoms with Crippen LogP contribution in [0, 0.1) is 17.5 Å². The zero-order valence-corrected chi connectivity index (χ0v) is 16.5. The molecule has 0 aromatic heterocycles. The highest BCUT2D eigenvalue weighted by molar-refractivity contribution is 6.45. The van der Waals surface area contributed by atoms with Crippen molar-refractivity contribution in [3.05, 3.63) is 107 Å². The van der Waals surface area contributed by atoms with Crippen LogP contribution in [-0.4, -0.2) is 23.8 Å². The van der Waals surface area contributed by atoms with E-state index >= 15 is 0 Å². The fourth-order valence-corrected chi connectivity index (χ4v) is 3.57. The first-order valence-electron chi connectivity index (χ1n) is 9.46. The summed E-state index contributed by atoms with van der Waals surface area (Å²) in [4.78, 5) is 28.9. The molecule has 3 aromatic rings. The number of benzene rings is 3. The fraction of sp³-hybridized carbons (Fsp3) is 0.0833. The largest absolute Gasteiger partial charge is 0.365 e. The predicted molar refractivity (Wildman–Crippen MR) is 110 cm³/mol. The van der Waals surface area contributed by atoms with Crippen LogP contribution >= 0.6 is 0 Å². The van der Waals surface area contributed by atoms with Crippen LogP contribution in [0.15, 0.2) is 78.5 Å². The first-order chi connectivity index (χ1) is 14.9. The second kappa shape index (κ2) is 8.10. The summed E-state index contributed by atoms with van der Waals surface area (Å²) in [6.45, 7) is 0.305. The van der Waals surface area contributed by atoms with Crippen molar-refractivity contribution in [1.82, 2.24) is 4.90 Å². The van der Waals surface area contributed by atoms with Gasteiger partial charge in [-0.25, -0.2) is 18.1 Å².